The third-order valence-electron chi connectivity index (χ3n) is 7.97. The Labute approximate surface area is 233 Å². The van der Waals surface area contributed by atoms with Crippen molar-refractivity contribution in [2.24, 2.45) is 10.7 Å². The number of anilines is 2. The molecule has 1 fully saturated rings. The molecule has 6 bridgehead atoms. The number of aliphatic imine (C=N–C) groups is 1. The number of carbonyl (C=O) groups excluding carboxylic acids is 3. The van der Waals surface area contributed by atoms with Gasteiger partial charge in [-0.1, -0.05) is 80.5 Å². The number of amides is 4. The van der Waals surface area contributed by atoms with Crippen LogP contribution in [0.4, 0.5) is 21.9 Å². The van der Waals surface area contributed by atoms with E-state index >= 15 is 0 Å². The Kier molecular flexibility index (Phi) is 5.56. The maximum Gasteiger partial charge on any atom is 0.391 e. The van der Waals surface area contributed by atoms with Gasteiger partial charge in [-0.25, -0.2) is 14.6 Å². The predicted octanol–water partition coefficient (Wildman–Crippen LogP) is 4.53. The molecule has 0 spiro atoms. The molecule has 4 heterocycles. The first-order valence-corrected chi connectivity index (χ1v) is 13.4. The van der Waals surface area contributed by atoms with Gasteiger partial charge in [-0.05, 0) is 36.5 Å². The molecule has 1 unspecified atom stereocenters. The van der Waals surface area contributed by atoms with Crippen LogP contribution in [0.5, 0.6) is 0 Å². The van der Waals surface area contributed by atoms with Crippen LogP contribution in [0.3, 0.4) is 0 Å². The number of aryl methyl sites for hydroxylation is 1. The molecule has 3 aromatic rings. The highest BCUT2D eigenvalue weighted by molar-refractivity contribution is 6.26. The molecule has 0 saturated carbocycles. The highest BCUT2D eigenvalue weighted by atomic mass is 16.3. The smallest absolute Gasteiger partial charge is 0.320 e. The summed E-state index contributed by atoms with van der Waals surface area (Å²) >= 11 is 0. The number of urea groups is 1. The topological polar surface area (TPSA) is 99.3 Å². The molecule has 40 heavy (non-hydrogen) atoms. The second-order valence-corrected chi connectivity index (χ2v) is 11.8. The Morgan fingerprint density at radius 2 is 1.68 bits per heavy atom. The zero-order valence-electron chi connectivity index (χ0n) is 23.5. The second-order valence-electron chi connectivity index (χ2n) is 11.8. The van der Waals surface area contributed by atoms with Gasteiger partial charge in [0.2, 0.25) is 0 Å². The summed E-state index contributed by atoms with van der Waals surface area (Å²) in [6.07, 6.45) is -1.26. The third-order valence-corrected chi connectivity index (χ3v) is 7.97. The van der Waals surface area contributed by atoms with Crippen molar-refractivity contribution >= 4 is 40.6 Å². The summed E-state index contributed by atoms with van der Waals surface area (Å²) in [5.74, 6) is -0.960. The lowest BCUT2D eigenvalue weighted by Gasteiger charge is -2.43. The van der Waals surface area contributed by atoms with Crippen LogP contribution in [-0.4, -0.2) is 52.9 Å². The van der Waals surface area contributed by atoms with E-state index in [4.69, 9.17) is 10.7 Å². The first kappa shape index (κ1) is 25.9. The number of rotatable bonds is 3. The number of para-hydroxylation sites is 1. The number of nitrogens with zero attached hydrogens (tertiary/aromatic N) is 5. The van der Waals surface area contributed by atoms with Gasteiger partial charge in [0.1, 0.15) is 7.05 Å². The van der Waals surface area contributed by atoms with Crippen LogP contribution >= 0.6 is 0 Å². The van der Waals surface area contributed by atoms with E-state index < -0.39 is 34.6 Å². The van der Waals surface area contributed by atoms with Gasteiger partial charge in [-0.3, -0.25) is 9.69 Å². The van der Waals surface area contributed by atoms with Crippen molar-refractivity contribution in [2.75, 3.05) is 11.9 Å². The van der Waals surface area contributed by atoms with Crippen LogP contribution in [-0.2, 0) is 15.0 Å². The minimum Gasteiger partial charge on any atom is -0.320 e. The summed E-state index contributed by atoms with van der Waals surface area (Å²) in [5, 5.41) is 2.41. The van der Waals surface area contributed by atoms with Crippen LogP contribution < -0.4 is 15.2 Å². The van der Waals surface area contributed by atoms with Crippen molar-refractivity contribution in [3.05, 3.63) is 89.0 Å². The van der Waals surface area contributed by atoms with Gasteiger partial charge < -0.3 is 5.73 Å². The molecular weight excluding hydrogens is 504 g/mol. The van der Waals surface area contributed by atoms with Crippen LogP contribution in [0.1, 0.15) is 49.9 Å². The number of carbonyl (C=O) groups is 3. The number of hydrogen-bond donors (Lipinski definition) is 1. The van der Waals surface area contributed by atoms with Gasteiger partial charge in [0.15, 0.2) is 5.69 Å². The summed E-state index contributed by atoms with van der Waals surface area (Å²) in [4.78, 5) is 49.5. The van der Waals surface area contributed by atoms with Gasteiger partial charge in [0.25, 0.3) is 6.17 Å². The molecule has 0 radical (unpaired) electrons. The molecule has 2 N–H and O–H groups in total. The molecule has 4 amide bonds. The SMILES string of the molecule is Cc1cccc(C(C)(C)C)c1N1C(=O)N2C3N=C(c4ccccc4)c4c1cccc4[N@+](C)(C3=O)N2C(=O)[C@H](C)N. The average Bonchev–Trinajstić information content (AvgIpc) is 3.07. The van der Waals surface area contributed by atoms with Crippen molar-refractivity contribution in [3.63, 3.8) is 0 Å². The number of hydrazine groups is 1. The fourth-order valence-electron chi connectivity index (χ4n) is 6.03. The normalized spacial score (nSPS) is 22.3. The zero-order valence-corrected chi connectivity index (χ0v) is 23.5. The molecule has 9 nitrogen and oxygen atoms in total. The molecule has 4 aliphatic rings. The Morgan fingerprint density at radius 3 is 2.33 bits per heavy atom. The fraction of sp³-hybridized carbons (Fsp3) is 0.290. The summed E-state index contributed by atoms with van der Waals surface area (Å²) in [7, 11) is 1.64. The van der Waals surface area contributed by atoms with Gasteiger partial charge >= 0.3 is 17.8 Å². The Morgan fingerprint density at radius 1 is 1.00 bits per heavy atom. The van der Waals surface area contributed by atoms with E-state index in [0.29, 0.717) is 22.6 Å². The second kappa shape index (κ2) is 8.58. The zero-order chi connectivity index (χ0) is 28.7. The molecule has 9 heteroatoms. The van der Waals surface area contributed by atoms with E-state index in [-0.39, 0.29) is 5.41 Å². The summed E-state index contributed by atoms with van der Waals surface area (Å²) in [5.41, 5.74) is 11.5. The van der Waals surface area contributed by atoms with E-state index in [2.05, 4.69) is 20.8 Å². The van der Waals surface area contributed by atoms with Gasteiger partial charge in [0.05, 0.1) is 28.7 Å². The van der Waals surface area contributed by atoms with E-state index in [1.807, 2.05) is 73.7 Å². The van der Waals surface area contributed by atoms with Crippen molar-refractivity contribution in [1.29, 1.82) is 0 Å². The predicted molar refractivity (Wildman–Crippen MR) is 155 cm³/mol. The molecular formula is C31H33N6O3+. The lowest BCUT2D eigenvalue weighted by Crippen LogP contribution is -2.67. The largest absolute Gasteiger partial charge is 0.391 e. The molecule has 3 aromatic carbocycles. The number of likely N-dealkylation sites (N-methyl/N-ethyl adjacent to an activating group) is 1. The quantitative estimate of drug-likeness (QED) is 0.497. The molecule has 1 saturated heterocycles. The van der Waals surface area contributed by atoms with Gasteiger partial charge in [-0.2, -0.15) is 0 Å². The van der Waals surface area contributed by atoms with Crippen LogP contribution in [0.25, 0.3) is 0 Å². The van der Waals surface area contributed by atoms with Crippen molar-refractivity contribution in [3.8, 4) is 0 Å². The van der Waals surface area contributed by atoms with E-state index in [1.165, 1.54) is 10.1 Å². The molecule has 4 aliphatic heterocycles. The highest BCUT2D eigenvalue weighted by Crippen LogP contribution is 2.50. The lowest BCUT2D eigenvalue weighted by molar-refractivity contribution is -0.166. The standard InChI is InChI=1S/C31H33N6O3/c1-18-12-10-15-21(31(3,4)5)26(18)34-22-16-11-17-23-24(22)25(20-13-8-7-9-14-20)33-27-29(39)37(23,6)36(28(38)19(2)32)35(27)30(34)40/h7-17,19,27H,32H2,1-6H3/q+1/t19-,27?,37+/m0/s1. The monoisotopic (exact) mass is 537 g/mol. The molecule has 204 valence electrons. The minimum absolute atomic E-state index is 0.311. The number of fused-ring (bicyclic) bond motifs is 1. The highest BCUT2D eigenvalue weighted by Gasteiger charge is 2.67. The van der Waals surface area contributed by atoms with Gasteiger partial charge in [-0.15, -0.1) is 9.60 Å². The molecule has 3 atom stereocenters. The van der Waals surface area contributed by atoms with E-state index in [1.54, 1.807) is 18.9 Å². The van der Waals surface area contributed by atoms with Gasteiger partial charge in [0, 0.05) is 11.6 Å². The molecule has 0 aromatic heterocycles. The van der Waals surface area contributed by atoms with Crippen molar-refractivity contribution < 1.29 is 14.4 Å². The number of quaternary nitrogens is 1. The minimum atomic E-state index is -1.26. The molecule has 0 aliphatic carbocycles. The first-order chi connectivity index (χ1) is 18.9. The van der Waals surface area contributed by atoms with Crippen LogP contribution in [0, 0.1) is 6.92 Å². The Bertz CT molecular complexity index is 1620. The number of nitrogens with two attached hydrogens (primary N) is 1. The third kappa shape index (κ3) is 3.34. The van der Waals surface area contributed by atoms with E-state index in [0.717, 1.165) is 22.4 Å². The number of hydrogen-bond acceptors (Lipinski definition) is 5. The van der Waals surface area contributed by atoms with Crippen molar-refractivity contribution in [1.82, 2.24) is 14.7 Å². The van der Waals surface area contributed by atoms with Crippen LogP contribution in [0.15, 0.2) is 71.7 Å². The lowest BCUT2D eigenvalue weighted by atomic mass is 9.84. The maximum absolute atomic E-state index is 14.8. The summed E-state index contributed by atoms with van der Waals surface area (Å²) in [6, 6.07) is 19.6. The first-order valence-electron chi connectivity index (χ1n) is 13.4. The summed E-state index contributed by atoms with van der Waals surface area (Å²) in [6.45, 7) is 9.82. The number of benzene rings is 3. The van der Waals surface area contributed by atoms with Crippen molar-refractivity contribution in [2.45, 2.75) is 52.2 Å². The summed E-state index contributed by atoms with van der Waals surface area (Å²) < 4.78 is -0.562. The Balaban J connectivity index is 1.78. The van der Waals surface area contributed by atoms with E-state index in [9.17, 15) is 14.4 Å². The average molecular weight is 538 g/mol. The van der Waals surface area contributed by atoms with Crippen LogP contribution in [0.2, 0.25) is 0 Å². The maximum atomic E-state index is 14.8. The fourth-order valence-corrected chi connectivity index (χ4v) is 6.03. The molecule has 7 rings (SSSR count). The Hall–Kier alpha value is -4.34.